The topological polar surface area (TPSA) is 93.3 Å². The van der Waals surface area contributed by atoms with Gasteiger partial charge in [-0.05, 0) is 18.9 Å². The first-order valence-electron chi connectivity index (χ1n) is 5.34. The highest BCUT2D eigenvalue weighted by molar-refractivity contribution is 8.00. The zero-order chi connectivity index (χ0) is 13.9. The van der Waals surface area contributed by atoms with Gasteiger partial charge >= 0.3 is 11.7 Å². The van der Waals surface area contributed by atoms with Gasteiger partial charge in [0.2, 0.25) is 0 Å². The first kappa shape index (κ1) is 14.4. The highest BCUT2D eigenvalue weighted by Crippen LogP contribution is 2.33. The minimum absolute atomic E-state index is 0.144. The number of aliphatic carboxylic acids is 1. The van der Waals surface area contributed by atoms with Crippen molar-refractivity contribution in [1.82, 2.24) is 4.98 Å². The summed E-state index contributed by atoms with van der Waals surface area (Å²) in [6.45, 7) is 5.22. The van der Waals surface area contributed by atoms with Gasteiger partial charge in [0.25, 0.3) is 0 Å². The van der Waals surface area contributed by atoms with Crippen LogP contribution in [0.15, 0.2) is 17.2 Å². The van der Waals surface area contributed by atoms with Gasteiger partial charge in [-0.1, -0.05) is 25.6 Å². The van der Waals surface area contributed by atoms with Crippen molar-refractivity contribution in [1.29, 1.82) is 0 Å². The van der Waals surface area contributed by atoms with Gasteiger partial charge in [0.15, 0.2) is 5.03 Å². The van der Waals surface area contributed by atoms with E-state index in [0.717, 1.165) is 11.8 Å². The number of thioether (sulfide) groups is 1. The lowest BCUT2D eigenvalue weighted by Gasteiger charge is -2.15. The fourth-order valence-corrected chi connectivity index (χ4v) is 2.42. The minimum atomic E-state index is -0.993. The van der Waals surface area contributed by atoms with Gasteiger partial charge in [0.1, 0.15) is 5.25 Å². The molecule has 1 heterocycles. The second kappa shape index (κ2) is 5.81. The number of hydrogen-bond acceptors (Lipinski definition) is 5. The van der Waals surface area contributed by atoms with E-state index in [1.807, 2.05) is 0 Å². The van der Waals surface area contributed by atoms with Crippen molar-refractivity contribution in [2.75, 3.05) is 0 Å². The predicted molar refractivity (Wildman–Crippen MR) is 67.7 cm³/mol. The van der Waals surface area contributed by atoms with Crippen molar-refractivity contribution in [3.63, 3.8) is 0 Å². The molecule has 6 nitrogen and oxygen atoms in total. The number of pyridine rings is 1. The maximum absolute atomic E-state index is 11.1. The molecule has 0 aliphatic carbocycles. The molecule has 1 aromatic rings. The maximum Gasteiger partial charge on any atom is 0.317 e. The molecule has 1 atom stereocenters. The van der Waals surface area contributed by atoms with E-state index in [1.165, 1.54) is 12.1 Å². The molecule has 0 aliphatic heterocycles. The molecular formula is C11H14N2O4S. The molecule has 0 aromatic carbocycles. The third-order valence-corrected chi connectivity index (χ3v) is 3.79. The van der Waals surface area contributed by atoms with E-state index in [-0.39, 0.29) is 16.6 Å². The normalized spacial score (nSPS) is 12.4. The SMILES string of the molecule is Cc1ccc([N+](=O)[O-])c(SC(C(=O)O)C(C)C)n1. The van der Waals surface area contributed by atoms with Crippen LogP contribution in [0.2, 0.25) is 0 Å². The summed E-state index contributed by atoms with van der Waals surface area (Å²) in [5.41, 5.74) is 0.466. The van der Waals surface area contributed by atoms with Crippen LogP contribution >= 0.6 is 11.8 Å². The summed E-state index contributed by atoms with van der Waals surface area (Å²) in [7, 11) is 0. The summed E-state index contributed by atoms with van der Waals surface area (Å²) in [6.07, 6.45) is 0. The molecule has 0 spiro atoms. The Morgan fingerprint density at radius 1 is 1.50 bits per heavy atom. The number of nitro groups is 1. The molecular weight excluding hydrogens is 256 g/mol. The van der Waals surface area contributed by atoms with Crippen LogP contribution in [-0.2, 0) is 4.79 Å². The first-order valence-corrected chi connectivity index (χ1v) is 6.22. The van der Waals surface area contributed by atoms with Crippen LogP contribution in [0.1, 0.15) is 19.5 Å². The predicted octanol–water partition coefficient (Wildman–Crippen LogP) is 2.50. The zero-order valence-corrected chi connectivity index (χ0v) is 11.1. The van der Waals surface area contributed by atoms with E-state index in [0.29, 0.717) is 5.69 Å². The van der Waals surface area contributed by atoms with E-state index in [2.05, 4.69) is 4.98 Å². The molecule has 98 valence electrons. The Balaban J connectivity index is 3.12. The van der Waals surface area contributed by atoms with Crippen molar-refractivity contribution < 1.29 is 14.8 Å². The lowest BCUT2D eigenvalue weighted by Crippen LogP contribution is -2.22. The highest BCUT2D eigenvalue weighted by Gasteiger charge is 2.27. The summed E-state index contributed by atoms with van der Waals surface area (Å²) in [5, 5.41) is 19.3. The lowest BCUT2D eigenvalue weighted by atomic mass is 10.1. The maximum atomic E-state index is 11.1. The van der Waals surface area contributed by atoms with Crippen LogP contribution in [-0.4, -0.2) is 26.2 Å². The molecule has 1 rings (SSSR count). The van der Waals surface area contributed by atoms with E-state index in [1.54, 1.807) is 20.8 Å². The Kier molecular flexibility index (Phi) is 4.66. The summed E-state index contributed by atoms with van der Waals surface area (Å²) in [6, 6.07) is 2.89. The van der Waals surface area contributed by atoms with E-state index < -0.39 is 16.1 Å². The second-order valence-corrected chi connectivity index (χ2v) is 5.28. The van der Waals surface area contributed by atoms with Gasteiger partial charge in [0.05, 0.1) is 4.92 Å². The molecule has 0 amide bonds. The fraction of sp³-hybridized carbons (Fsp3) is 0.455. The average Bonchev–Trinajstić information content (AvgIpc) is 2.24. The largest absolute Gasteiger partial charge is 0.480 e. The average molecular weight is 270 g/mol. The number of nitrogens with zero attached hydrogens (tertiary/aromatic N) is 2. The van der Waals surface area contributed by atoms with Crippen molar-refractivity contribution in [2.45, 2.75) is 31.0 Å². The Morgan fingerprint density at radius 3 is 2.56 bits per heavy atom. The third-order valence-electron chi connectivity index (χ3n) is 2.26. The molecule has 1 unspecified atom stereocenters. The molecule has 1 aromatic heterocycles. The molecule has 0 bridgehead atoms. The Bertz CT molecular complexity index is 476. The summed E-state index contributed by atoms with van der Waals surface area (Å²) in [5.74, 6) is -1.14. The van der Waals surface area contributed by atoms with Crippen LogP contribution < -0.4 is 0 Å². The monoisotopic (exact) mass is 270 g/mol. The van der Waals surface area contributed by atoms with Crippen LogP contribution in [0, 0.1) is 23.0 Å². The van der Waals surface area contributed by atoms with Gasteiger partial charge in [-0.2, -0.15) is 0 Å². The third kappa shape index (κ3) is 3.43. The summed E-state index contributed by atoms with van der Waals surface area (Å²) >= 11 is 0.922. The smallest absolute Gasteiger partial charge is 0.317 e. The second-order valence-electron chi connectivity index (χ2n) is 4.15. The minimum Gasteiger partial charge on any atom is -0.480 e. The fourth-order valence-electron chi connectivity index (χ4n) is 1.34. The molecule has 18 heavy (non-hydrogen) atoms. The van der Waals surface area contributed by atoms with Gasteiger partial charge in [-0.3, -0.25) is 14.9 Å². The van der Waals surface area contributed by atoms with Gasteiger partial charge in [-0.25, -0.2) is 4.98 Å². The number of carboxylic acids is 1. The zero-order valence-electron chi connectivity index (χ0n) is 10.3. The number of carboxylic acid groups (broad SMARTS) is 1. The van der Waals surface area contributed by atoms with Gasteiger partial charge < -0.3 is 5.11 Å². The van der Waals surface area contributed by atoms with E-state index in [9.17, 15) is 14.9 Å². The summed E-state index contributed by atoms with van der Waals surface area (Å²) < 4.78 is 0. The van der Waals surface area contributed by atoms with Crippen LogP contribution in [0.5, 0.6) is 0 Å². The molecule has 0 saturated carbocycles. The van der Waals surface area contributed by atoms with Crippen molar-refractivity contribution in [3.8, 4) is 0 Å². The molecule has 1 N–H and O–H groups in total. The molecule has 0 aliphatic rings. The molecule has 7 heteroatoms. The van der Waals surface area contributed by atoms with Crippen molar-refractivity contribution >= 4 is 23.4 Å². The standard InChI is InChI=1S/C11H14N2O4S/c1-6(2)9(11(14)15)18-10-8(13(16)17)5-4-7(3)12-10/h4-6,9H,1-3H3,(H,14,15). The quantitative estimate of drug-likeness (QED) is 0.502. The van der Waals surface area contributed by atoms with Crippen molar-refractivity contribution in [3.05, 3.63) is 27.9 Å². The van der Waals surface area contributed by atoms with Gasteiger partial charge in [0, 0.05) is 11.8 Å². The lowest BCUT2D eigenvalue weighted by molar-refractivity contribution is -0.388. The number of aryl methyl sites for hydroxylation is 1. The Hall–Kier alpha value is -1.63. The van der Waals surface area contributed by atoms with Crippen LogP contribution in [0.4, 0.5) is 5.69 Å². The first-order chi connectivity index (χ1) is 8.32. The molecule has 0 radical (unpaired) electrons. The Labute approximate surface area is 109 Å². The number of rotatable bonds is 5. The molecule has 0 fully saturated rings. The molecule has 0 saturated heterocycles. The van der Waals surface area contributed by atoms with Crippen molar-refractivity contribution in [2.24, 2.45) is 5.92 Å². The highest BCUT2D eigenvalue weighted by atomic mass is 32.2. The Morgan fingerprint density at radius 2 is 2.11 bits per heavy atom. The van der Waals surface area contributed by atoms with Crippen LogP contribution in [0.3, 0.4) is 0 Å². The number of hydrogen-bond donors (Lipinski definition) is 1. The summed E-state index contributed by atoms with van der Waals surface area (Å²) in [4.78, 5) is 25.5. The van der Waals surface area contributed by atoms with E-state index in [4.69, 9.17) is 5.11 Å². The number of carbonyl (C=O) groups is 1. The number of aromatic nitrogens is 1. The van der Waals surface area contributed by atoms with Gasteiger partial charge in [-0.15, -0.1) is 0 Å². The van der Waals surface area contributed by atoms with Crippen LogP contribution in [0.25, 0.3) is 0 Å². The van der Waals surface area contributed by atoms with E-state index >= 15 is 0 Å².